The summed E-state index contributed by atoms with van der Waals surface area (Å²) in [5.74, 6) is 0.0205. The number of carbonyl (C=O) groups is 1. The van der Waals surface area contributed by atoms with Crippen LogP contribution in [0.1, 0.15) is 25.7 Å². The minimum atomic E-state index is -1.45. The zero-order valence-electron chi connectivity index (χ0n) is 8.22. The Hall–Kier alpha value is -0.870. The van der Waals surface area contributed by atoms with Crippen LogP contribution in [0.15, 0.2) is 12.7 Å². The maximum absolute atomic E-state index is 11.4. The lowest BCUT2D eigenvalue weighted by molar-refractivity contribution is -0.143. The molecule has 14 heavy (non-hydrogen) atoms. The fourth-order valence-electron chi connectivity index (χ4n) is 1.77. The Morgan fingerprint density at radius 3 is 2.71 bits per heavy atom. The lowest BCUT2D eigenvalue weighted by atomic mass is 10.1. The smallest absolute Gasteiger partial charge is 0.223 e. The van der Waals surface area contributed by atoms with E-state index in [1.165, 1.54) is 0 Å². The standard InChI is InChI=1S/C10H17NO3/c1-2-3-5-8(10(13)14)11-7-4-6-9(11)12/h2,8,10,13-14H,1,3-7H2/t8-/m0/s1. The summed E-state index contributed by atoms with van der Waals surface area (Å²) in [6.45, 7) is 4.21. The van der Waals surface area contributed by atoms with E-state index >= 15 is 0 Å². The lowest BCUT2D eigenvalue weighted by Gasteiger charge is -2.28. The Labute approximate surface area is 83.8 Å². The van der Waals surface area contributed by atoms with Gasteiger partial charge in [-0.2, -0.15) is 0 Å². The molecule has 80 valence electrons. The molecule has 4 heteroatoms. The maximum atomic E-state index is 11.4. The first-order valence-corrected chi connectivity index (χ1v) is 4.93. The molecule has 1 saturated heterocycles. The van der Waals surface area contributed by atoms with Crippen molar-refractivity contribution in [1.29, 1.82) is 0 Å². The van der Waals surface area contributed by atoms with Gasteiger partial charge in [0.1, 0.15) is 0 Å². The Morgan fingerprint density at radius 2 is 2.29 bits per heavy atom. The van der Waals surface area contributed by atoms with Crippen LogP contribution in [-0.2, 0) is 4.79 Å². The van der Waals surface area contributed by atoms with Crippen molar-refractivity contribution in [2.75, 3.05) is 6.54 Å². The molecule has 1 heterocycles. The summed E-state index contributed by atoms with van der Waals surface area (Å²) in [5.41, 5.74) is 0. The zero-order valence-corrected chi connectivity index (χ0v) is 8.22. The van der Waals surface area contributed by atoms with Gasteiger partial charge in [-0.25, -0.2) is 0 Å². The number of amides is 1. The first-order chi connectivity index (χ1) is 6.66. The molecule has 0 saturated carbocycles. The molecule has 4 nitrogen and oxygen atoms in total. The van der Waals surface area contributed by atoms with Crippen molar-refractivity contribution in [3.63, 3.8) is 0 Å². The molecule has 2 N–H and O–H groups in total. The van der Waals surface area contributed by atoms with Crippen LogP contribution >= 0.6 is 0 Å². The zero-order chi connectivity index (χ0) is 10.6. The number of nitrogens with zero attached hydrogens (tertiary/aromatic N) is 1. The van der Waals surface area contributed by atoms with Crippen molar-refractivity contribution in [2.24, 2.45) is 0 Å². The van der Waals surface area contributed by atoms with Gasteiger partial charge in [-0.1, -0.05) is 6.08 Å². The van der Waals surface area contributed by atoms with E-state index in [-0.39, 0.29) is 5.91 Å². The van der Waals surface area contributed by atoms with E-state index in [2.05, 4.69) is 6.58 Å². The van der Waals surface area contributed by atoms with Gasteiger partial charge in [-0.3, -0.25) is 4.79 Å². The number of hydrogen-bond acceptors (Lipinski definition) is 3. The molecule has 1 aliphatic rings. The Bertz CT molecular complexity index is 215. The molecule has 1 atom stereocenters. The maximum Gasteiger partial charge on any atom is 0.223 e. The van der Waals surface area contributed by atoms with Gasteiger partial charge in [0.15, 0.2) is 6.29 Å². The van der Waals surface area contributed by atoms with E-state index in [0.717, 1.165) is 6.42 Å². The Balaban J connectivity index is 2.56. The van der Waals surface area contributed by atoms with Gasteiger partial charge < -0.3 is 15.1 Å². The summed E-state index contributed by atoms with van der Waals surface area (Å²) in [5, 5.41) is 18.3. The van der Waals surface area contributed by atoms with Crippen LogP contribution in [-0.4, -0.2) is 39.9 Å². The van der Waals surface area contributed by atoms with Crippen molar-refractivity contribution < 1.29 is 15.0 Å². The predicted octanol–water partition coefficient (Wildman–Crippen LogP) is 0.254. The van der Waals surface area contributed by atoms with Gasteiger partial charge in [0, 0.05) is 13.0 Å². The van der Waals surface area contributed by atoms with E-state index in [1.807, 2.05) is 0 Å². The molecule has 0 aromatic heterocycles. The summed E-state index contributed by atoms with van der Waals surface area (Å²) in [4.78, 5) is 12.9. The molecule has 1 aliphatic heterocycles. The lowest BCUT2D eigenvalue weighted by Crippen LogP contribution is -2.44. The minimum absolute atomic E-state index is 0.0205. The first kappa shape index (κ1) is 11.2. The summed E-state index contributed by atoms with van der Waals surface area (Å²) < 4.78 is 0. The molecule has 0 bridgehead atoms. The highest BCUT2D eigenvalue weighted by molar-refractivity contribution is 5.78. The highest BCUT2D eigenvalue weighted by atomic mass is 16.5. The third-order valence-corrected chi connectivity index (χ3v) is 2.52. The molecule has 0 unspecified atom stereocenters. The molecular formula is C10H17NO3. The number of allylic oxidation sites excluding steroid dienone is 1. The van der Waals surface area contributed by atoms with Crippen molar-refractivity contribution in [3.8, 4) is 0 Å². The Morgan fingerprint density at radius 1 is 1.57 bits per heavy atom. The van der Waals surface area contributed by atoms with Crippen molar-refractivity contribution in [2.45, 2.75) is 38.0 Å². The van der Waals surface area contributed by atoms with Gasteiger partial charge in [0.2, 0.25) is 5.91 Å². The molecule has 1 fully saturated rings. The number of carbonyl (C=O) groups excluding carboxylic acids is 1. The van der Waals surface area contributed by atoms with Gasteiger partial charge >= 0.3 is 0 Å². The number of aliphatic hydroxyl groups is 2. The second kappa shape index (κ2) is 5.12. The second-order valence-electron chi connectivity index (χ2n) is 3.54. The van der Waals surface area contributed by atoms with Crippen LogP contribution in [0.2, 0.25) is 0 Å². The summed E-state index contributed by atoms with van der Waals surface area (Å²) in [6.07, 6.45) is 2.86. The number of hydrogen-bond donors (Lipinski definition) is 2. The highest BCUT2D eigenvalue weighted by Crippen LogP contribution is 2.18. The third-order valence-electron chi connectivity index (χ3n) is 2.52. The van der Waals surface area contributed by atoms with Crippen LogP contribution < -0.4 is 0 Å². The van der Waals surface area contributed by atoms with Gasteiger partial charge in [0.05, 0.1) is 6.04 Å². The average molecular weight is 199 g/mol. The average Bonchev–Trinajstić information content (AvgIpc) is 2.52. The normalized spacial score (nSPS) is 19.1. The number of rotatable bonds is 5. The number of aliphatic hydroxyl groups excluding tert-OH is 1. The fraction of sp³-hybridized carbons (Fsp3) is 0.700. The minimum Gasteiger partial charge on any atom is -0.366 e. The van der Waals surface area contributed by atoms with E-state index in [0.29, 0.717) is 25.8 Å². The van der Waals surface area contributed by atoms with Gasteiger partial charge in [-0.15, -0.1) is 6.58 Å². The topological polar surface area (TPSA) is 60.8 Å². The summed E-state index contributed by atoms with van der Waals surface area (Å²) in [6, 6.07) is -0.469. The SMILES string of the molecule is C=CCC[C@@H](C(O)O)N1CCCC1=O. The highest BCUT2D eigenvalue weighted by Gasteiger charge is 2.31. The van der Waals surface area contributed by atoms with E-state index in [9.17, 15) is 4.79 Å². The van der Waals surface area contributed by atoms with Crippen LogP contribution in [0.5, 0.6) is 0 Å². The van der Waals surface area contributed by atoms with Crippen molar-refractivity contribution >= 4 is 5.91 Å². The fourth-order valence-corrected chi connectivity index (χ4v) is 1.77. The quantitative estimate of drug-likeness (QED) is 0.493. The molecule has 0 aliphatic carbocycles. The molecule has 0 aromatic rings. The molecule has 0 spiro atoms. The van der Waals surface area contributed by atoms with Crippen LogP contribution in [0.3, 0.4) is 0 Å². The summed E-state index contributed by atoms with van der Waals surface area (Å²) >= 11 is 0. The van der Waals surface area contributed by atoms with Crippen LogP contribution in [0, 0.1) is 0 Å². The molecular weight excluding hydrogens is 182 g/mol. The molecule has 0 aromatic carbocycles. The second-order valence-corrected chi connectivity index (χ2v) is 3.54. The monoisotopic (exact) mass is 199 g/mol. The van der Waals surface area contributed by atoms with Crippen LogP contribution in [0.4, 0.5) is 0 Å². The van der Waals surface area contributed by atoms with E-state index in [1.54, 1.807) is 11.0 Å². The molecule has 1 amide bonds. The van der Waals surface area contributed by atoms with Gasteiger partial charge in [0.25, 0.3) is 0 Å². The van der Waals surface area contributed by atoms with Crippen LogP contribution in [0.25, 0.3) is 0 Å². The van der Waals surface area contributed by atoms with Crippen molar-refractivity contribution in [3.05, 3.63) is 12.7 Å². The number of likely N-dealkylation sites (tertiary alicyclic amines) is 1. The Kier molecular flexibility index (Phi) is 4.10. The third kappa shape index (κ3) is 2.56. The predicted molar refractivity (Wildman–Crippen MR) is 52.4 cm³/mol. The molecule has 0 radical (unpaired) electrons. The van der Waals surface area contributed by atoms with E-state index < -0.39 is 12.3 Å². The van der Waals surface area contributed by atoms with E-state index in [4.69, 9.17) is 10.2 Å². The first-order valence-electron chi connectivity index (χ1n) is 4.93. The molecule has 1 rings (SSSR count). The van der Waals surface area contributed by atoms with Crippen molar-refractivity contribution in [1.82, 2.24) is 4.90 Å². The summed E-state index contributed by atoms with van der Waals surface area (Å²) in [7, 11) is 0. The largest absolute Gasteiger partial charge is 0.366 e. The van der Waals surface area contributed by atoms with Gasteiger partial charge in [-0.05, 0) is 19.3 Å².